The Bertz CT molecular complexity index is 472. The molecule has 0 aliphatic heterocycles. The minimum Gasteiger partial charge on any atom is -0.175 e. The van der Waals surface area contributed by atoms with E-state index in [1.54, 1.807) is 25.7 Å². The lowest BCUT2D eigenvalue weighted by molar-refractivity contribution is -0.341. The van der Waals surface area contributed by atoms with Crippen molar-refractivity contribution < 1.29 is 0 Å². The minimum atomic E-state index is 0.836. The number of hydrogen-bond donors (Lipinski definition) is 1. The second-order valence-corrected chi connectivity index (χ2v) is 9.52. The molecule has 0 spiro atoms. The number of fused-ring (bicyclic) bond motifs is 15. The molecule has 7 fully saturated rings. The van der Waals surface area contributed by atoms with Crippen LogP contribution in [0.5, 0.6) is 0 Å². The Morgan fingerprint density at radius 1 is 0.444 bits per heavy atom. The van der Waals surface area contributed by atoms with Crippen molar-refractivity contribution in [1.29, 1.82) is 0 Å². The van der Waals surface area contributed by atoms with Crippen LogP contribution < -0.4 is 0 Å². The summed E-state index contributed by atoms with van der Waals surface area (Å²) in [6.45, 7) is 0. The van der Waals surface area contributed by atoms with Gasteiger partial charge in [-0.25, -0.2) is 0 Å². The van der Waals surface area contributed by atoms with Crippen LogP contribution in [-0.2, 0) is 0 Å². The fraction of sp³-hybridized carbons (Fsp3) is 1.00. The zero-order valence-corrected chi connectivity index (χ0v) is 11.7. The van der Waals surface area contributed by atoms with Crippen LogP contribution in [0, 0.1) is 71.0 Å². The molecule has 13 atom stereocenters. The largest absolute Gasteiger partial charge is 0.175 e. The Kier molecular flexibility index (Phi) is 1.28. The van der Waals surface area contributed by atoms with Gasteiger partial charge in [-0.2, -0.15) is 12.6 Å². The lowest BCUT2D eigenvalue weighted by Gasteiger charge is -2.81. The molecule has 0 aromatic carbocycles. The van der Waals surface area contributed by atoms with Crippen LogP contribution in [0.3, 0.4) is 0 Å². The molecule has 18 heavy (non-hydrogen) atoms. The molecule has 96 valence electrons. The summed E-state index contributed by atoms with van der Waals surface area (Å²) in [6, 6.07) is 0. The van der Waals surface area contributed by atoms with Crippen LogP contribution in [0.25, 0.3) is 0 Å². The van der Waals surface area contributed by atoms with E-state index in [9.17, 15) is 0 Å². The number of thiol groups is 1. The van der Waals surface area contributed by atoms with Gasteiger partial charge in [0.25, 0.3) is 0 Å². The molecule has 7 rings (SSSR count). The third-order valence-corrected chi connectivity index (χ3v) is 10.2. The summed E-state index contributed by atoms with van der Waals surface area (Å²) in [5.74, 6) is 14.2. The number of hydrogen-bond acceptors (Lipinski definition) is 1. The van der Waals surface area contributed by atoms with Crippen LogP contribution in [0.1, 0.15) is 25.7 Å². The monoisotopic (exact) mass is 258 g/mol. The smallest absolute Gasteiger partial charge is 0.00846 e. The topological polar surface area (TPSA) is 0 Å². The van der Waals surface area contributed by atoms with Gasteiger partial charge < -0.3 is 0 Å². The highest BCUT2D eigenvalue weighted by Crippen LogP contribution is 2.86. The van der Waals surface area contributed by atoms with E-state index in [2.05, 4.69) is 0 Å². The van der Waals surface area contributed by atoms with Crippen molar-refractivity contribution >= 4 is 12.6 Å². The Balaban J connectivity index is 1.29. The second-order valence-electron chi connectivity index (χ2n) is 8.92. The van der Waals surface area contributed by atoms with Gasteiger partial charge in [0.05, 0.1) is 0 Å². The van der Waals surface area contributed by atoms with Gasteiger partial charge in [0.1, 0.15) is 0 Å². The van der Waals surface area contributed by atoms with Gasteiger partial charge in [-0.05, 0) is 96.7 Å². The molecule has 0 radical (unpaired) electrons. The molecule has 0 N–H and O–H groups in total. The van der Waals surface area contributed by atoms with Crippen molar-refractivity contribution in [3.8, 4) is 0 Å². The predicted molar refractivity (Wildman–Crippen MR) is 73.1 cm³/mol. The Morgan fingerprint density at radius 3 is 1.33 bits per heavy atom. The van der Waals surface area contributed by atoms with Crippen molar-refractivity contribution in [3.63, 3.8) is 0 Å². The molecule has 7 aliphatic rings. The normalized spacial score (nSPS) is 83.5. The molecular formula is C17H22S. The van der Waals surface area contributed by atoms with Crippen molar-refractivity contribution in [2.75, 3.05) is 0 Å². The maximum Gasteiger partial charge on any atom is 0.00846 e. The van der Waals surface area contributed by atoms with Crippen molar-refractivity contribution in [2.45, 2.75) is 30.9 Å². The van der Waals surface area contributed by atoms with E-state index in [1.165, 1.54) is 53.3 Å². The van der Waals surface area contributed by atoms with Gasteiger partial charge in [-0.15, -0.1) is 0 Å². The third-order valence-electron chi connectivity index (χ3n) is 9.53. The number of rotatable bonds is 0. The highest BCUT2D eigenvalue weighted by molar-refractivity contribution is 7.81. The fourth-order valence-electron chi connectivity index (χ4n) is 8.96. The second kappa shape index (κ2) is 2.47. The van der Waals surface area contributed by atoms with E-state index in [4.69, 9.17) is 12.6 Å². The fourth-order valence-corrected chi connectivity index (χ4v) is 9.78. The van der Waals surface area contributed by atoms with Gasteiger partial charge in [0, 0.05) is 5.25 Å². The first-order valence-electron chi connectivity index (χ1n) is 8.56. The van der Waals surface area contributed by atoms with E-state index in [-0.39, 0.29) is 0 Å². The molecule has 7 saturated carbocycles. The average Bonchev–Trinajstić information content (AvgIpc) is 2.46. The Labute approximate surface area is 115 Å². The SMILES string of the molecule is SC1C2C3CCC3C2C2C1C1C3C4CCC4C3C21. The van der Waals surface area contributed by atoms with E-state index in [1.807, 2.05) is 0 Å². The van der Waals surface area contributed by atoms with Gasteiger partial charge >= 0.3 is 0 Å². The van der Waals surface area contributed by atoms with Crippen molar-refractivity contribution in [1.82, 2.24) is 0 Å². The average molecular weight is 258 g/mol. The lowest BCUT2D eigenvalue weighted by atomic mass is 9.23. The van der Waals surface area contributed by atoms with E-state index < -0.39 is 0 Å². The first kappa shape index (κ1) is 9.32. The maximum absolute atomic E-state index is 5.14. The molecule has 0 aromatic rings. The molecular weight excluding hydrogens is 236 g/mol. The summed E-state index contributed by atoms with van der Waals surface area (Å²) >= 11 is 5.14. The Hall–Kier alpha value is 0.350. The zero-order chi connectivity index (χ0) is 11.3. The predicted octanol–water partition coefficient (Wildman–Crippen LogP) is 3.33. The van der Waals surface area contributed by atoms with Crippen LogP contribution in [-0.4, -0.2) is 5.25 Å². The molecule has 0 aromatic heterocycles. The molecule has 1 heteroatoms. The van der Waals surface area contributed by atoms with Crippen LogP contribution >= 0.6 is 12.6 Å². The van der Waals surface area contributed by atoms with Gasteiger partial charge in [-0.1, -0.05) is 0 Å². The summed E-state index contributed by atoms with van der Waals surface area (Å²) in [5, 5.41) is 0.836. The first-order valence-corrected chi connectivity index (χ1v) is 9.07. The van der Waals surface area contributed by atoms with E-state index in [0.717, 1.165) is 23.0 Å². The maximum atomic E-state index is 5.14. The quantitative estimate of drug-likeness (QED) is 0.500. The summed E-state index contributed by atoms with van der Waals surface area (Å²) in [4.78, 5) is 0. The Morgan fingerprint density at radius 2 is 0.833 bits per heavy atom. The van der Waals surface area contributed by atoms with Crippen LogP contribution in [0.4, 0.5) is 0 Å². The molecule has 0 heterocycles. The standard InChI is InChI=1S/C17H22S/c18-17-12-8-4-3-7(8)11(12)15-13-9-5-1-2-6(5)10(9)14(13)16(15)17/h5-18H,1-4H2. The molecule has 0 bridgehead atoms. The highest BCUT2D eigenvalue weighted by Gasteiger charge is 2.83. The first-order chi connectivity index (χ1) is 8.88. The lowest BCUT2D eigenvalue weighted by Crippen LogP contribution is -2.77. The van der Waals surface area contributed by atoms with Crippen molar-refractivity contribution in [2.24, 2.45) is 71.0 Å². The summed E-state index contributed by atoms with van der Waals surface area (Å²) < 4.78 is 0. The highest BCUT2D eigenvalue weighted by atomic mass is 32.1. The van der Waals surface area contributed by atoms with Gasteiger partial charge in [0.15, 0.2) is 0 Å². The molecule has 7 aliphatic carbocycles. The molecule has 0 nitrogen and oxygen atoms in total. The van der Waals surface area contributed by atoms with Crippen LogP contribution in [0.15, 0.2) is 0 Å². The van der Waals surface area contributed by atoms with E-state index in [0.29, 0.717) is 0 Å². The third kappa shape index (κ3) is 0.628. The van der Waals surface area contributed by atoms with Crippen molar-refractivity contribution in [3.05, 3.63) is 0 Å². The van der Waals surface area contributed by atoms with Gasteiger partial charge in [-0.3, -0.25) is 0 Å². The van der Waals surface area contributed by atoms with Crippen LogP contribution in [0.2, 0.25) is 0 Å². The van der Waals surface area contributed by atoms with Gasteiger partial charge in [0.2, 0.25) is 0 Å². The molecule has 0 saturated heterocycles. The van der Waals surface area contributed by atoms with E-state index >= 15 is 0 Å². The minimum absolute atomic E-state index is 0.836. The molecule has 0 amide bonds. The molecule has 13 unspecified atom stereocenters. The summed E-state index contributed by atoms with van der Waals surface area (Å²) in [5.41, 5.74) is 0. The zero-order valence-electron chi connectivity index (χ0n) is 10.8. The summed E-state index contributed by atoms with van der Waals surface area (Å²) in [6.07, 6.45) is 6.36. The summed E-state index contributed by atoms with van der Waals surface area (Å²) in [7, 11) is 0.